The number of nitrogens with zero attached hydrogens (tertiary/aromatic N) is 3. The van der Waals surface area contributed by atoms with Gasteiger partial charge in [0.15, 0.2) is 5.54 Å². The van der Waals surface area contributed by atoms with Gasteiger partial charge in [-0.05, 0) is 25.8 Å². The third kappa shape index (κ3) is 1.58. The predicted octanol–water partition coefficient (Wildman–Crippen LogP) is 0.731. The summed E-state index contributed by atoms with van der Waals surface area (Å²) in [4.78, 5) is 0. The van der Waals surface area contributed by atoms with Crippen molar-refractivity contribution in [3.63, 3.8) is 0 Å². The fourth-order valence-corrected chi connectivity index (χ4v) is 1.81. The molecule has 1 atom stereocenters. The van der Waals surface area contributed by atoms with E-state index in [0.29, 0.717) is 13.0 Å². The van der Waals surface area contributed by atoms with E-state index >= 15 is 0 Å². The third-order valence-electron chi connectivity index (χ3n) is 2.62. The second kappa shape index (κ2) is 3.44. The van der Waals surface area contributed by atoms with E-state index in [9.17, 15) is 13.2 Å². The Hall–Kier alpha value is -1.18. The van der Waals surface area contributed by atoms with Crippen molar-refractivity contribution in [2.45, 2.75) is 31.0 Å². The summed E-state index contributed by atoms with van der Waals surface area (Å²) >= 11 is 0. The zero-order valence-electron chi connectivity index (χ0n) is 7.80. The van der Waals surface area contributed by atoms with Crippen molar-refractivity contribution >= 4 is 0 Å². The lowest BCUT2D eigenvalue weighted by atomic mass is 9.87. The quantitative estimate of drug-likeness (QED) is 0.733. The molecule has 1 saturated heterocycles. The smallest absolute Gasteiger partial charge is 0.297 e. The van der Waals surface area contributed by atoms with Crippen LogP contribution in [0.5, 0.6) is 0 Å². The molecule has 0 aromatic carbocycles. The Morgan fingerprint density at radius 1 is 1.27 bits per heavy atom. The average Bonchev–Trinajstić information content (AvgIpc) is 2.70. The molecule has 84 valence electrons. The molecule has 8 heteroatoms. The van der Waals surface area contributed by atoms with Gasteiger partial charge in [0.05, 0.1) is 0 Å². The second-order valence-corrected chi connectivity index (χ2v) is 3.52. The third-order valence-corrected chi connectivity index (χ3v) is 2.62. The first-order valence-electron chi connectivity index (χ1n) is 4.62. The lowest BCUT2D eigenvalue weighted by Gasteiger charge is -2.36. The lowest BCUT2D eigenvalue weighted by Crippen LogP contribution is -2.56. The number of hydrogen-bond acceptors (Lipinski definition) is 4. The molecular weight excluding hydrogens is 211 g/mol. The van der Waals surface area contributed by atoms with E-state index in [1.807, 2.05) is 0 Å². The van der Waals surface area contributed by atoms with Gasteiger partial charge in [0.1, 0.15) is 0 Å². The van der Waals surface area contributed by atoms with Gasteiger partial charge in [0.25, 0.3) is 0 Å². The van der Waals surface area contributed by atoms with Gasteiger partial charge in [0, 0.05) is 0 Å². The van der Waals surface area contributed by atoms with E-state index in [1.165, 1.54) is 0 Å². The Morgan fingerprint density at radius 2 is 2.07 bits per heavy atom. The van der Waals surface area contributed by atoms with Crippen LogP contribution in [0.4, 0.5) is 13.2 Å². The highest BCUT2D eigenvalue weighted by Gasteiger charge is 2.59. The molecule has 1 aliphatic heterocycles. The van der Waals surface area contributed by atoms with Crippen LogP contribution in [-0.2, 0) is 5.54 Å². The van der Waals surface area contributed by atoms with Crippen LogP contribution in [0.1, 0.15) is 25.1 Å². The minimum absolute atomic E-state index is 0.0456. The van der Waals surface area contributed by atoms with Gasteiger partial charge >= 0.3 is 6.18 Å². The fourth-order valence-electron chi connectivity index (χ4n) is 1.81. The largest absolute Gasteiger partial charge is 0.414 e. The molecule has 0 amide bonds. The van der Waals surface area contributed by atoms with Crippen LogP contribution in [-0.4, -0.2) is 33.3 Å². The molecule has 1 aromatic rings. The number of hydrogen-bond donors (Lipinski definition) is 2. The van der Waals surface area contributed by atoms with Gasteiger partial charge in [0.2, 0.25) is 5.82 Å². The number of alkyl halides is 3. The lowest BCUT2D eigenvalue weighted by molar-refractivity contribution is -0.210. The fraction of sp³-hybridized carbons (Fsp3) is 0.857. The average molecular weight is 221 g/mol. The van der Waals surface area contributed by atoms with Gasteiger partial charge in [-0.25, -0.2) is 0 Å². The molecular formula is C7H10F3N5. The van der Waals surface area contributed by atoms with Gasteiger partial charge in [-0.2, -0.15) is 18.4 Å². The second-order valence-electron chi connectivity index (χ2n) is 3.52. The summed E-state index contributed by atoms with van der Waals surface area (Å²) in [5, 5.41) is 14.6. The van der Waals surface area contributed by atoms with E-state index in [-0.39, 0.29) is 12.2 Å². The monoisotopic (exact) mass is 221 g/mol. The van der Waals surface area contributed by atoms with Gasteiger partial charge < -0.3 is 0 Å². The summed E-state index contributed by atoms with van der Waals surface area (Å²) in [6.07, 6.45) is -3.22. The Kier molecular flexibility index (Phi) is 2.37. The van der Waals surface area contributed by atoms with E-state index in [1.54, 1.807) is 0 Å². The first kappa shape index (κ1) is 10.3. The highest BCUT2D eigenvalue weighted by atomic mass is 19.4. The number of aromatic amines is 1. The standard InChI is InChI=1S/C7H10F3N5/c8-7(9,10)6(3-1-2-4-11-6)5-12-14-15-13-5/h11H,1-4H2,(H,12,13,14,15). The molecule has 1 fully saturated rings. The number of piperidine rings is 1. The maximum atomic E-state index is 13.0. The van der Waals surface area contributed by atoms with Crippen molar-refractivity contribution in [2.75, 3.05) is 6.54 Å². The predicted molar refractivity (Wildman–Crippen MR) is 43.8 cm³/mol. The SMILES string of the molecule is FC(F)(F)C1(c2nn[nH]n2)CCCCN1. The van der Waals surface area contributed by atoms with Gasteiger partial charge in [-0.1, -0.05) is 5.21 Å². The molecule has 2 rings (SSSR count). The van der Waals surface area contributed by atoms with Crippen molar-refractivity contribution in [3.8, 4) is 0 Å². The van der Waals surface area contributed by atoms with Crippen LogP contribution in [0.15, 0.2) is 0 Å². The molecule has 0 radical (unpaired) electrons. The topological polar surface area (TPSA) is 66.5 Å². The Morgan fingerprint density at radius 3 is 2.53 bits per heavy atom. The minimum Gasteiger partial charge on any atom is -0.297 e. The molecule has 2 heterocycles. The molecule has 1 unspecified atom stereocenters. The molecule has 0 spiro atoms. The molecule has 0 bridgehead atoms. The number of aromatic nitrogens is 4. The van der Waals surface area contributed by atoms with Crippen molar-refractivity contribution in [1.82, 2.24) is 25.9 Å². The van der Waals surface area contributed by atoms with E-state index in [2.05, 4.69) is 25.9 Å². The summed E-state index contributed by atoms with van der Waals surface area (Å²) in [5.41, 5.74) is -2.13. The summed E-state index contributed by atoms with van der Waals surface area (Å²) in [6.45, 7) is 0.314. The minimum atomic E-state index is -4.41. The van der Waals surface area contributed by atoms with E-state index in [4.69, 9.17) is 0 Å². The van der Waals surface area contributed by atoms with E-state index < -0.39 is 11.7 Å². The van der Waals surface area contributed by atoms with Gasteiger partial charge in [-0.15, -0.1) is 10.2 Å². The molecule has 0 aliphatic carbocycles. The van der Waals surface area contributed by atoms with Crippen LogP contribution >= 0.6 is 0 Å². The number of H-pyrrole nitrogens is 1. The normalized spacial score (nSPS) is 27.9. The summed E-state index contributed by atoms with van der Waals surface area (Å²) < 4.78 is 38.9. The zero-order chi connectivity index (χ0) is 10.9. The Bertz CT molecular complexity index is 314. The highest BCUT2D eigenvalue weighted by molar-refractivity contribution is 5.09. The zero-order valence-corrected chi connectivity index (χ0v) is 7.80. The van der Waals surface area contributed by atoms with Crippen LogP contribution in [0, 0.1) is 0 Å². The summed E-state index contributed by atoms with van der Waals surface area (Å²) in [5.74, 6) is -0.324. The van der Waals surface area contributed by atoms with Crippen molar-refractivity contribution in [1.29, 1.82) is 0 Å². The molecule has 1 aliphatic rings. The molecule has 1 aromatic heterocycles. The van der Waals surface area contributed by atoms with E-state index in [0.717, 1.165) is 6.42 Å². The Labute approximate surface area is 83.4 Å². The van der Waals surface area contributed by atoms with Crippen molar-refractivity contribution < 1.29 is 13.2 Å². The van der Waals surface area contributed by atoms with Crippen molar-refractivity contribution in [2.24, 2.45) is 0 Å². The Balaban J connectivity index is 2.39. The molecule has 0 saturated carbocycles. The summed E-state index contributed by atoms with van der Waals surface area (Å²) in [6, 6.07) is 0. The number of halogens is 3. The molecule has 5 nitrogen and oxygen atoms in total. The van der Waals surface area contributed by atoms with Crippen LogP contribution in [0.3, 0.4) is 0 Å². The van der Waals surface area contributed by atoms with Crippen LogP contribution in [0.2, 0.25) is 0 Å². The van der Waals surface area contributed by atoms with Crippen LogP contribution in [0.25, 0.3) is 0 Å². The molecule has 2 N–H and O–H groups in total. The molecule has 15 heavy (non-hydrogen) atoms. The maximum absolute atomic E-state index is 13.0. The summed E-state index contributed by atoms with van der Waals surface area (Å²) in [7, 11) is 0. The number of nitrogens with one attached hydrogen (secondary N) is 2. The first-order valence-corrected chi connectivity index (χ1v) is 4.62. The highest BCUT2D eigenvalue weighted by Crippen LogP contribution is 2.42. The number of rotatable bonds is 1. The number of tetrazole rings is 1. The maximum Gasteiger partial charge on any atom is 0.414 e. The first-order chi connectivity index (χ1) is 7.06. The van der Waals surface area contributed by atoms with Gasteiger partial charge in [-0.3, -0.25) is 5.32 Å². The van der Waals surface area contributed by atoms with Crippen LogP contribution < -0.4 is 5.32 Å². The van der Waals surface area contributed by atoms with Crippen molar-refractivity contribution in [3.05, 3.63) is 5.82 Å².